The second-order valence-corrected chi connectivity index (χ2v) is 12.0. The minimum Gasteiger partial charge on any atom is -0.342 e. The summed E-state index contributed by atoms with van der Waals surface area (Å²) >= 11 is 0. The first-order chi connectivity index (χ1) is 13.0. The number of nitrogens with zero attached hydrogens (tertiary/aromatic N) is 2. The Bertz CT molecular complexity index is 732. The van der Waals surface area contributed by atoms with Crippen LogP contribution in [0, 0.1) is 11.3 Å². The Balaban J connectivity index is 2.54. The number of hydrogen-bond acceptors (Lipinski definition) is 3. The van der Waals surface area contributed by atoms with Gasteiger partial charge in [0.25, 0.3) is 0 Å². The maximum absolute atomic E-state index is 10.3. The van der Waals surface area contributed by atoms with E-state index in [-0.39, 0.29) is 6.04 Å². The first-order valence-electron chi connectivity index (χ1n) is 9.90. The van der Waals surface area contributed by atoms with E-state index in [1.54, 1.807) is 0 Å². The van der Waals surface area contributed by atoms with Crippen LogP contribution in [0.2, 0.25) is 18.1 Å². The number of likely N-dealkylation sites (N-methyl/N-ethyl adjacent to an activating group) is 1. The average Bonchev–Trinajstić information content (AvgIpc) is 2.73. The topological polar surface area (TPSA) is 36.3 Å². The molecule has 0 spiro atoms. The van der Waals surface area contributed by atoms with Crippen molar-refractivity contribution in [3.05, 3.63) is 71.8 Å². The molecule has 2 aromatic carbocycles. The lowest BCUT2D eigenvalue weighted by Crippen LogP contribution is -2.47. The van der Waals surface area contributed by atoms with Gasteiger partial charge in [0.05, 0.1) is 12.1 Å². The summed E-state index contributed by atoms with van der Waals surface area (Å²) in [6.45, 7) is 8.70. The van der Waals surface area contributed by atoms with Crippen molar-refractivity contribution in [1.82, 2.24) is 5.06 Å². The van der Waals surface area contributed by atoms with Crippen LogP contribution < -0.4 is 0 Å². The Kier molecular flexibility index (Phi) is 7.38. The highest BCUT2D eigenvalue weighted by molar-refractivity contribution is 6.73. The van der Waals surface area contributed by atoms with Crippen LogP contribution in [0.4, 0.5) is 0 Å². The molecule has 0 saturated carbocycles. The van der Waals surface area contributed by atoms with Crippen LogP contribution >= 0.6 is 0 Å². The summed E-state index contributed by atoms with van der Waals surface area (Å²) in [6.07, 6.45) is 0. The van der Waals surface area contributed by atoms with Gasteiger partial charge in [-0.25, -0.2) is 0 Å². The van der Waals surface area contributed by atoms with Crippen molar-refractivity contribution >= 4 is 8.32 Å². The highest BCUT2D eigenvalue weighted by Crippen LogP contribution is 2.41. The zero-order valence-corrected chi connectivity index (χ0v) is 18.3. The van der Waals surface area contributed by atoms with Gasteiger partial charge in [-0.1, -0.05) is 81.4 Å². The van der Waals surface area contributed by atoms with Gasteiger partial charge in [0.2, 0.25) is 8.32 Å². The smallest absolute Gasteiger partial charge is 0.220 e. The Morgan fingerprint density at radius 1 is 0.963 bits per heavy atom. The van der Waals surface area contributed by atoms with Gasteiger partial charge >= 0.3 is 0 Å². The van der Waals surface area contributed by atoms with Gasteiger partial charge in [-0.15, -0.1) is 0 Å². The number of hydrogen-bond donors (Lipinski definition) is 0. The highest BCUT2D eigenvalue weighted by atomic mass is 28.4. The van der Waals surface area contributed by atoms with Crippen molar-refractivity contribution < 1.29 is 4.53 Å². The van der Waals surface area contributed by atoms with Gasteiger partial charge in [-0.05, 0) is 36.2 Å². The Morgan fingerprint density at radius 2 is 1.44 bits per heavy atom. The fourth-order valence-corrected chi connectivity index (χ4v) is 6.52. The molecule has 0 aromatic heterocycles. The van der Waals surface area contributed by atoms with Crippen molar-refractivity contribution in [3.63, 3.8) is 0 Å². The molecule has 0 N–H and O–H groups in total. The molecule has 144 valence electrons. The van der Waals surface area contributed by atoms with Crippen LogP contribution in [0.25, 0.3) is 0 Å². The third-order valence-corrected chi connectivity index (χ3v) is 10.4. The molecule has 3 nitrogen and oxygen atoms in total. The van der Waals surface area contributed by atoms with Crippen LogP contribution in [0.1, 0.15) is 44.9 Å². The third kappa shape index (κ3) is 4.49. The molecule has 2 aromatic rings. The molecule has 2 rings (SSSR count). The summed E-state index contributed by atoms with van der Waals surface area (Å²) in [7, 11) is 0.147. The molecule has 2 atom stereocenters. The average molecular weight is 381 g/mol. The van der Waals surface area contributed by atoms with Gasteiger partial charge in [0.15, 0.2) is 0 Å². The predicted octanol–water partition coefficient (Wildman–Crippen LogP) is 6.08. The van der Waals surface area contributed by atoms with E-state index in [1.165, 1.54) is 0 Å². The normalized spacial score (nSPS) is 15.1. The van der Waals surface area contributed by atoms with E-state index in [0.29, 0.717) is 0 Å². The highest BCUT2D eigenvalue weighted by Gasteiger charge is 2.43. The van der Waals surface area contributed by atoms with Crippen LogP contribution in [0.15, 0.2) is 60.7 Å². The minimum absolute atomic E-state index is 0.192. The largest absolute Gasteiger partial charge is 0.342 e. The van der Waals surface area contributed by atoms with Gasteiger partial charge < -0.3 is 4.53 Å². The van der Waals surface area contributed by atoms with Gasteiger partial charge in [-0.2, -0.15) is 10.3 Å². The van der Waals surface area contributed by atoms with E-state index in [9.17, 15) is 5.26 Å². The van der Waals surface area contributed by atoms with Crippen molar-refractivity contribution in [3.8, 4) is 6.07 Å². The summed E-state index contributed by atoms with van der Waals surface area (Å²) in [5, 5.41) is 12.2. The molecule has 0 saturated heterocycles. The van der Waals surface area contributed by atoms with E-state index in [4.69, 9.17) is 4.53 Å². The Labute approximate surface area is 165 Å². The molecule has 4 heteroatoms. The quantitative estimate of drug-likeness (QED) is 0.391. The Morgan fingerprint density at radius 3 is 1.89 bits per heavy atom. The van der Waals surface area contributed by atoms with Gasteiger partial charge in [0.1, 0.15) is 5.41 Å². The first kappa shape index (κ1) is 21.4. The van der Waals surface area contributed by atoms with E-state index in [2.05, 4.69) is 39.0 Å². The zero-order chi connectivity index (χ0) is 19.9. The zero-order valence-electron chi connectivity index (χ0n) is 17.3. The predicted molar refractivity (Wildman–Crippen MR) is 115 cm³/mol. The maximum atomic E-state index is 10.3. The molecule has 2 unspecified atom stereocenters. The van der Waals surface area contributed by atoms with Crippen LogP contribution in [-0.4, -0.2) is 20.4 Å². The molecular weight excluding hydrogens is 348 g/mol. The number of hydroxylamine groups is 2. The molecule has 0 aliphatic carbocycles. The number of rotatable bonds is 9. The summed E-state index contributed by atoms with van der Waals surface area (Å²) in [5.74, 6) is 0. The van der Waals surface area contributed by atoms with E-state index in [0.717, 1.165) is 29.3 Å². The first-order valence-corrected chi connectivity index (χ1v) is 12.4. The standard InChI is InChI=1S/C23H32N2OSi/c1-6-27(7-2,8-3)26-25(5)22(20-15-11-9-12-16-20)23(4,19-24)21-17-13-10-14-18-21/h9-18,22H,6-8H2,1-5H3. The van der Waals surface area contributed by atoms with Crippen molar-refractivity contribution in [2.75, 3.05) is 7.05 Å². The molecule has 0 aliphatic rings. The number of nitriles is 1. The summed E-state index contributed by atoms with van der Waals surface area (Å²) in [5.41, 5.74) is 1.37. The van der Waals surface area contributed by atoms with Crippen molar-refractivity contribution in [2.45, 2.75) is 57.3 Å². The number of benzene rings is 2. The van der Waals surface area contributed by atoms with Crippen LogP contribution in [0.5, 0.6) is 0 Å². The molecule has 0 fully saturated rings. The van der Waals surface area contributed by atoms with Gasteiger partial charge in [-0.3, -0.25) is 0 Å². The SMILES string of the molecule is CC[Si](CC)(CC)ON(C)C(c1ccccc1)C(C)(C#N)c1ccccc1. The summed E-state index contributed by atoms with van der Waals surface area (Å²) in [4.78, 5) is 0. The van der Waals surface area contributed by atoms with E-state index in [1.807, 2.05) is 67.6 Å². The lowest BCUT2D eigenvalue weighted by molar-refractivity contribution is -0.100. The van der Waals surface area contributed by atoms with Crippen LogP contribution in [0.3, 0.4) is 0 Å². The lowest BCUT2D eigenvalue weighted by Gasteiger charge is -2.42. The molecule has 0 radical (unpaired) electrons. The van der Waals surface area contributed by atoms with Gasteiger partial charge in [0, 0.05) is 7.05 Å². The third-order valence-electron chi connectivity index (χ3n) is 5.90. The fraction of sp³-hybridized carbons (Fsp3) is 0.435. The monoisotopic (exact) mass is 380 g/mol. The second kappa shape index (κ2) is 9.32. The second-order valence-electron chi connectivity index (χ2n) is 7.37. The molecule has 0 amide bonds. The Hall–Kier alpha value is -1.93. The van der Waals surface area contributed by atoms with Crippen LogP contribution in [-0.2, 0) is 9.94 Å². The lowest BCUT2D eigenvalue weighted by atomic mass is 9.74. The van der Waals surface area contributed by atoms with Crippen molar-refractivity contribution in [1.29, 1.82) is 5.26 Å². The summed E-state index contributed by atoms with van der Waals surface area (Å²) in [6, 6.07) is 25.9. The molecule has 0 heterocycles. The molecule has 27 heavy (non-hydrogen) atoms. The molecule has 0 bridgehead atoms. The van der Waals surface area contributed by atoms with Crippen molar-refractivity contribution in [2.24, 2.45) is 0 Å². The minimum atomic E-state index is -1.85. The van der Waals surface area contributed by atoms with E-state index >= 15 is 0 Å². The maximum Gasteiger partial charge on any atom is 0.220 e. The fourth-order valence-electron chi connectivity index (χ4n) is 3.91. The van der Waals surface area contributed by atoms with E-state index < -0.39 is 13.7 Å². The molecular formula is C23H32N2OSi. The summed E-state index contributed by atoms with van der Waals surface area (Å²) < 4.78 is 6.69. The molecule has 0 aliphatic heterocycles.